The van der Waals surface area contributed by atoms with Crippen molar-refractivity contribution in [3.63, 3.8) is 0 Å². The van der Waals surface area contributed by atoms with Gasteiger partial charge in [-0.15, -0.1) is 0 Å². The quantitative estimate of drug-likeness (QED) is 0.777. The van der Waals surface area contributed by atoms with Gasteiger partial charge in [0.25, 0.3) is 0 Å². The molecule has 5 nitrogen and oxygen atoms in total. The highest BCUT2D eigenvalue weighted by Gasteiger charge is 2.14. The Morgan fingerprint density at radius 1 is 1.41 bits per heavy atom. The van der Waals surface area contributed by atoms with Gasteiger partial charge in [0.1, 0.15) is 0 Å². The SMILES string of the molecule is CC(NCc1c([O-])on[n+]1C)c1ccccc1. The van der Waals surface area contributed by atoms with Crippen molar-refractivity contribution in [2.75, 3.05) is 0 Å². The molecule has 0 amide bonds. The highest BCUT2D eigenvalue weighted by molar-refractivity contribution is 5.18. The lowest BCUT2D eigenvalue weighted by molar-refractivity contribution is -0.746. The summed E-state index contributed by atoms with van der Waals surface area (Å²) in [4.78, 5) is 0. The van der Waals surface area contributed by atoms with Crippen LogP contribution in [0.5, 0.6) is 5.95 Å². The van der Waals surface area contributed by atoms with Crippen LogP contribution in [0.15, 0.2) is 34.9 Å². The summed E-state index contributed by atoms with van der Waals surface area (Å²) in [5, 5.41) is 18.1. The van der Waals surface area contributed by atoms with Crippen molar-refractivity contribution in [2.45, 2.75) is 19.5 Å². The zero-order chi connectivity index (χ0) is 12.3. The summed E-state index contributed by atoms with van der Waals surface area (Å²) < 4.78 is 6.00. The van der Waals surface area contributed by atoms with E-state index in [0.717, 1.165) is 0 Å². The van der Waals surface area contributed by atoms with E-state index in [1.165, 1.54) is 10.2 Å². The van der Waals surface area contributed by atoms with Gasteiger partial charge in [-0.2, -0.15) is 0 Å². The second-order valence-electron chi connectivity index (χ2n) is 3.94. The molecular formula is C12H15N3O2. The van der Waals surface area contributed by atoms with E-state index in [9.17, 15) is 5.11 Å². The molecule has 0 aliphatic rings. The molecule has 5 heteroatoms. The molecule has 1 aromatic carbocycles. The largest absolute Gasteiger partial charge is 0.539 e. The summed E-state index contributed by atoms with van der Waals surface area (Å²) in [6, 6.07) is 10.2. The maximum absolute atomic E-state index is 11.3. The standard InChI is InChI=1S/C12H15N3O2/c1-9(10-6-4-3-5-7-10)13-8-11-12(16)17-14-15(11)2/h3-7,9,13H,8H2,1-2H3. The average molecular weight is 233 g/mol. The van der Waals surface area contributed by atoms with Crippen LogP contribution < -0.4 is 15.1 Å². The number of benzene rings is 1. The Labute approximate surface area is 99.7 Å². The van der Waals surface area contributed by atoms with Crippen molar-refractivity contribution < 1.29 is 14.3 Å². The third-order valence-electron chi connectivity index (χ3n) is 2.75. The Kier molecular flexibility index (Phi) is 3.39. The van der Waals surface area contributed by atoms with Crippen LogP contribution in [0.1, 0.15) is 24.2 Å². The van der Waals surface area contributed by atoms with Gasteiger partial charge < -0.3 is 14.9 Å². The Bertz CT molecular complexity index is 462. The lowest BCUT2D eigenvalue weighted by atomic mass is 10.1. The summed E-state index contributed by atoms with van der Waals surface area (Å²) in [7, 11) is 1.69. The molecule has 90 valence electrons. The van der Waals surface area contributed by atoms with E-state index in [4.69, 9.17) is 0 Å². The molecule has 17 heavy (non-hydrogen) atoms. The van der Waals surface area contributed by atoms with Crippen molar-refractivity contribution in [3.8, 4) is 5.95 Å². The lowest BCUT2D eigenvalue weighted by Gasteiger charge is -2.12. The summed E-state index contributed by atoms with van der Waals surface area (Å²) in [5.74, 6) is -0.389. The Morgan fingerprint density at radius 2 is 2.12 bits per heavy atom. The number of aromatic nitrogens is 2. The fourth-order valence-corrected chi connectivity index (χ4v) is 1.63. The predicted octanol–water partition coefficient (Wildman–Crippen LogP) is 0.423. The molecule has 0 saturated carbocycles. The van der Waals surface area contributed by atoms with Gasteiger partial charge in [-0.3, -0.25) is 0 Å². The maximum Gasteiger partial charge on any atom is 0.246 e. The molecule has 0 saturated heterocycles. The lowest BCUT2D eigenvalue weighted by Crippen LogP contribution is -2.37. The van der Waals surface area contributed by atoms with Gasteiger partial charge in [-0.25, -0.2) is 0 Å². The zero-order valence-electron chi connectivity index (χ0n) is 9.88. The molecule has 1 atom stereocenters. The highest BCUT2D eigenvalue weighted by atomic mass is 16.6. The van der Waals surface area contributed by atoms with E-state index < -0.39 is 0 Å². The summed E-state index contributed by atoms with van der Waals surface area (Å²) in [6.07, 6.45) is 0. The topological polar surface area (TPSA) is 65.0 Å². The minimum atomic E-state index is -0.389. The first-order chi connectivity index (χ1) is 8.18. The molecule has 2 rings (SSSR count). The van der Waals surface area contributed by atoms with Crippen LogP contribution in [0.25, 0.3) is 0 Å². The molecule has 0 aliphatic carbocycles. The van der Waals surface area contributed by atoms with Crippen LogP contribution >= 0.6 is 0 Å². The van der Waals surface area contributed by atoms with Gasteiger partial charge in [0.2, 0.25) is 5.69 Å². The van der Waals surface area contributed by atoms with Gasteiger partial charge >= 0.3 is 0 Å². The van der Waals surface area contributed by atoms with Crippen LogP contribution in [-0.4, -0.2) is 5.27 Å². The minimum Gasteiger partial charge on any atom is -0.539 e. The van der Waals surface area contributed by atoms with Crippen molar-refractivity contribution >= 4 is 0 Å². The van der Waals surface area contributed by atoms with Gasteiger partial charge in [-0.05, 0) is 12.5 Å². The zero-order valence-corrected chi connectivity index (χ0v) is 9.88. The number of hydrogen-bond donors (Lipinski definition) is 1. The summed E-state index contributed by atoms with van der Waals surface area (Å²) in [5.41, 5.74) is 1.70. The van der Waals surface area contributed by atoms with E-state index in [1.54, 1.807) is 7.05 Å². The first-order valence-corrected chi connectivity index (χ1v) is 5.48. The molecule has 1 aromatic heterocycles. The van der Waals surface area contributed by atoms with Crippen molar-refractivity contribution in [1.82, 2.24) is 10.6 Å². The van der Waals surface area contributed by atoms with Crippen molar-refractivity contribution in [2.24, 2.45) is 7.05 Å². The number of rotatable bonds is 4. The van der Waals surface area contributed by atoms with Gasteiger partial charge in [0, 0.05) is 6.04 Å². The minimum absolute atomic E-state index is 0.172. The number of aryl methyl sites for hydroxylation is 1. The molecule has 0 aliphatic heterocycles. The van der Waals surface area contributed by atoms with E-state index in [2.05, 4.69) is 15.1 Å². The van der Waals surface area contributed by atoms with Gasteiger partial charge in [-0.1, -0.05) is 35.0 Å². The Balaban J connectivity index is 1.99. The third kappa shape index (κ3) is 2.62. The van der Waals surface area contributed by atoms with E-state index >= 15 is 0 Å². The fourth-order valence-electron chi connectivity index (χ4n) is 1.63. The van der Waals surface area contributed by atoms with Crippen molar-refractivity contribution in [1.29, 1.82) is 0 Å². The molecule has 0 spiro atoms. The first-order valence-electron chi connectivity index (χ1n) is 5.48. The van der Waals surface area contributed by atoms with Gasteiger partial charge in [0.05, 0.1) is 11.8 Å². The maximum atomic E-state index is 11.3. The van der Waals surface area contributed by atoms with Crippen LogP contribution in [-0.2, 0) is 13.6 Å². The summed E-state index contributed by atoms with van der Waals surface area (Å²) >= 11 is 0. The smallest absolute Gasteiger partial charge is 0.246 e. The second kappa shape index (κ2) is 4.97. The molecule has 1 unspecified atom stereocenters. The monoisotopic (exact) mass is 233 g/mol. The normalized spacial score (nSPS) is 12.6. The van der Waals surface area contributed by atoms with E-state index in [0.29, 0.717) is 12.2 Å². The molecule has 0 radical (unpaired) electrons. The third-order valence-corrected chi connectivity index (χ3v) is 2.75. The number of nitrogens with one attached hydrogen (secondary N) is 1. The number of nitrogens with zero attached hydrogens (tertiary/aromatic N) is 2. The van der Waals surface area contributed by atoms with E-state index in [-0.39, 0.29) is 12.0 Å². The Hall–Kier alpha value is -1.88. The highest BCUT2D eigenvalue weighted by Crippen LogP contribution is 2.13. The average Bonchev–Trinajstić information content (AvgIpc) is 2.67. The van der Waals surface area contributed by atoms with Crippen LogP contribution in [0, 0.1) is 0 Å². The first kappa shape index (κ1) is 11.6. The van der Waals surface area contributed by atoms with Crippen LogP contribution in [0.4, 0.5) is 0 Å². The molecule has 1 heterocycles. The second-order valence-corrected chi connectivity index (χ2v) is 3.94. The molecular weight excluding hydrogens is 218 g/mol. The molecule has 0 bridgehead atoms. The summed E-state index contributed by atoms with van der Waals surface area (Å²) in [6.45, 7) is 2.49. The van der Waals surface area contributed by atoms with Crippen LogP contribution in [0.3, 0.4) is 0 Å². The van der Waals surface area contributed by atoms with Crippen molar-refractivity contribution in [3.05, 3.63) is 41.6 Å². The van der Waals surface area contributed by atoms with E-state index in [1.807, 2.05) is 37.3 Å². The predicted molar refractivity (Wildman–Crippen MR) is 58.8 cm³/mol. The van der Waals surface area contributed by atoms with Crippen LogP contribution in [0.2, 0.25) is 0 Å². The molecule has 2 aromatic rings. The molecule has 1 N–H and O–H groups in total. The molecule has 0 fully saturated rings. The Morgan fingerprint density at radius 3 is 2.71 bits per heavy atom. The number of hydrogen-bond acceptors (Lipinski definition) is 4. The fraction of sp³-hybridized carbons (Fsp3) is 0.333. The van der Waals surface area contributed by atoms with Gasteiger partial charge in [0.15, 0.2) is 13.0 Å².